The summed E-state index contributed by atoms with van der Waals surface area (Å²) in [5, 5.41) is 13.2. The number of primary amides is 1. The molecule has 6 heteroatoms. The molecule has 0 saturated heterocycles. The van der Waals surface area contributed by atoms with Gasteiger partial charge in [-0.15, -0.1) is 0 Å². The average Bonchev–Trinajstić information content (AvgIpc) is 2.89. The number of benzene rings is 1. The van der Waals surface area contributed by atoms with E-state index in [4.69, 9.17) is 15.2 Å². The molecule has 110 valence electrons. The Hall–Kier alpha value is -1.79. The third-order valence-electron chi connectivity index (χ3n) is 3.15. The predicted octanol–water partition coefficient (Wildman–Crippen LogP) is 0.694. The van der Waals surface area contributed by atoms with E-state index < -0.39 is 6.10 Å². The highest BCUT2D eigenvalue weighted by atomic mass is 16.7. The van der Waals surface area contributed by atoms with E-state index in [-0.39, 0.29) is 12.7 Å². The first-order valence-electron chi connectivity index (χ1n) is 6.73. The number of hydrogen-bond acceptors (Lipinski definition) is 5. The van der Waals surface area contributed by atoms with Crippen LogP contribution in [0.2, 0.25) is 0 Å². The topological polar surface area (TPSA) is 93.8 Å². The molecule has 0 fully saturated rings. The summed E-state index contributed by atoms with van der Waals surface area (Å²) in [5.41, 5.74) is 5.85. The smallest absolute Gasteiger partial charge is 0.231 e. The van der Waals surface area contributed by atoms with Gasteiger partial charge in [0.15, 0.2) is 11.5 Å². The molecule has 1 amide bonds. The SMILES string of the molecule is NC(=O)CCCCNCC(O)c1ccc2c(c1)OCO2. The Morgan fingerprint density at radius 2 is 2.15 bits per heavy atom. The Morgan fingerprint density at radius 3 is 2.95 bits per heavy atom. The molecule has 1 aromatic carbocycles. The lowest BCUT2D eigenvalue weighted by Gasteiger charge is -2.12. The summed E-state index contributed by atoms with van der Waals surface area (Å²) in [5.74, 6) is 1.11. The Bertz CT molecular complexity index is 464. The van der Waals surface area contributed by atoms with E-state index in [2.05, 4.69) is 5.32 Å². The molecule has 1 unspecified atom stereocenters. The number of amides is 1. The number of aliphatic hydroxyl groups is 1. The summed E-state index contributed by atoms with van der Waals surface area (Å²) in [6.45, 7) is 1.43. The summed E-state index contributed by atoms with van der Waals surface area (Å²) in [6.07, 6.45) is 1.44. The second kappa shape index (κ2) is 7.12. The second-order valence-electron chi connectivity index (χ2n) is 4.76. The molecule has 0 saturated carbocycles. The molecule has 20 heavy (non-hydrogen) atoms. The van der Waals surface area contributed by atoms with Crippen molar-refractivity contribution in [2.45, 2.75) is 25.4 Å². The third-order valence-corrected chi connectivity index (χ3v) is 3.15. The normalized spacial score (nSPS) is 14.2. The number of nitrogens with one attached hydrogen (secondary N) is 1. The molecule has 1 heterocycles. The molecular formula is C14H20N2O4. The van der Waals surface area contributed by atoms with Crippen LogP contribution in [0.25, 0.3) is 0 Å². The molecule has 1 aromatic rings. The maximum absolute atomic E-state index is 10.6. The number of ether oxygens (including phenoxy) is 2. The largest absolute Gasteiger partial charge is 0.454 e. The maximum atomic E-state index is 10.6. The highest BCUT2D eigenvalue weighted by molar-refractivity contribution is 5.73. The van der Waals surface area contributed by atoms with Crippen LogP contribution in [0.3, 0.4) is 0 Å². The first-order valence-corrected chi connectivity index (χ1v) is 6.73. The summed E-state index contributed by atoms with van der Waals surface area (Å²) in [4.78, 5) is 10.6. The van der Waals surface area contributed by atoms with Crippen molar-refractivity contribution in [2.75, 3.05) is 19.9 Å². The standard InChI is InChI=1S/C14H20N2O4/c15-14(18)3-1-2-6-16-8-11(17)10-4-5-12-13(7-10)20-9-19-12/h4-5,7,11,16-17H,1-3,6,8-9H2,(H2,15,18). The molecule has 0 spiro atoms. The van der Waals surface area contributed by atoms with E-state index in [9.17, 15) is 9.90 Å². The fourth-order valence-corrected chi connectivity index (χ4v) is 2.03. The van der Waals surface area contributed by atoms with Crippen molar-refractivity contribution in [1.29, 1.82) is 0 Å². The Balaban J connectivity index is 1.69. The quantitative estimate of drug-likeness (QED) is 0.609. The van der Waals surface area contributed by atoms with Crippen LogP contribution in [0.15, 0.2) is 18.2 Å². The van der Waals surface area contributed by atoms with Gasteiger partial charge in [0.2, 0.25) is 12.7 Å². The number of carbonyl (C=O) groups is 1. The second-order valence-corrected chi connectivity index (χ2v) is 4.76. The van der Waals surface area contributed by atoms with Crippen molar-refractivity contribution in [1.82, 2.24) is 5.32 Å². The van der Waals surface area contributed by atoms with Crippen molar-refractivity contribution < 1.29 is 19.4 Å². The van der Waals surface area contributed by atoms with Gasteiger partial charge in [0.1, 0.15) is 0 Å². The highest BCUT2D eigenvalue weighted by Crippen LogP contribution is 2.33. The summed E-state index contributed by atoms with van der Waals surface area (Å²) in [7, 11) is 0. The number of nitrogens with two attached hydrogens (primary N) is 1. The van der Waals surface area contributed by atoms with Crippen LogP contribution < -0.4 is 20.5 Å². The van der Waals surface area contributed by atoms with Crippen LogP contribution in [0.4, 0.5) is 0 Å². The number of aliphatic hydroxyl groups excluding tert-OH is 1. The summed E-state index contributed by atoms with van der Waals surface area (Å²) < 4.78 is 10.5. The van der Waals surface area contributed by atoms with Crippen molar-refractivity contribution in [2.24, 2.45) is 5.73 Å². The zero-order valence-corrected chi connectivity index (χ0v) is 11.3. The minimum absolute atomic E-state index is 0.229. The number of rotatable bonds is 8. The lowest BCUT2D eigenvalue weighted by atomic mass is 10.1. The van der Waals surface area contributed by atoms with Gasteiger partial charge < -0.3 is 25.6 Å². The van der Waals surface area contributed by atoms with Gasteiger partial charge >= 0.3 is 0 Å². The summed E-state index contributed by atoms with van der Waals surface area (Å²) >= 11 is 0. The Morgan fingerprint density at radius 1 is 1.35 bits per heavy atom. The lowest BCUT2D eigenvalue weighted by molar-refractivity contribution is -0.118. The van der Waals surface area contributed by atoms with Gasteiger partial charge in [0, 0.05) is 13.0 Å². The molecule has 0 aromatic heterocycles. The zero-order chi connectivity index (χ0) is 14.4. The van der Waals surface area contributed by atoms with Gasteiger partial charge in [-0.1, -0.05) is 6.07 Å². The average molecular weight is 280 g/mol. The fourth-order valence-electron chi connectivity index (χ4n) is 2.03. The molecule has 0 bridgehead atoms. The number of hydrogen-bond donors (Lipinski definition) is 3. The first-order chi connectivity index (χ1) is 9.66. The zero-order valence-electron chi connectivity index (χ0n) is 11.3. The van der Waals surface area contributed by atoms with E-state index in [1.807, 2.05) is 6.07 Å². The van der Waals surface area contributed by atoms with E-state index >= 15 is 0 Å². The molecule has 6 nitrogen and oxygen atoms in total. The van der Waals surface area contributed by atoms with Crippen LogP contribution in [-0.2, 0) is 4.79 Å². The van der Waals surface area contributed by atoms with Gasteiger partial charge in [-0.25, -0.2) is 0 Å². The van der Waals surface area contributed by atoms with Gasteiger partial charge in [0.25, 0.3) is 0 Å². The van der Waals surface area contributed by atoms with Crippen LogP contribution in [0, 0.1) is 0 Å². The Kier molecular flexibility index (Phi) is 5.20. The molecular weight excluding hydrogens is 260 g/mol. The van der Waals surface area contributed by atoms with Crippen LogP contribution in [0.1, 0.15) is 30.9 Å². The van der Waals surface area contributed by atoms with Crippen molar-refractivity contribution in [3.63, 3.8) is 0 Å². The third kappa shape index (κ3) is 4.11. The van der Waals surface area contributed by atoms with Crippen molar-refractivity contribution >= 4 is 5.91 Å². The molecule has 2 rings (SSSR count). The number of carbonyl (C=O) groups excluding carboxylic acids is 1. The minimum Gasteiger partial charge on any atom is -0.454 e. The number of fused-ring (bicyclic) bond motifs is 1. The fraction of sp³-hybridized carbons (Fsp3) is 0.500. The van der Waals surface area contributed by atoms with E-state index in [1.165, 1.54) is 0 Å². The van der Waals surface area contributed by atoms with Crippen molar-refractivity contribution in [3.8, 4) is 11.5 Å². The van der Waals surface area contributed by atoms with E-state index in [0.717, 1.165) is 24.9 Å². The van der Waals surface area contributed by atoms with Crippen molar-refractivity contribution in [3.05, 3.63) is 23.8 Å². The van der Waals surface area contributed by atoms with Crippen LogP contribution in [-0.4, -0.2) is 30.9 Å². The predicted molar refractivity (Wildman–Crippen MR) is 73.4 cm³/mol. The van der Waals surface area contributed by atoms with Gasteiger partial charge in [-0.2, -0.15) is 0 Å². The summed E-state index contributed by atoms with van der Waals surface area (Å²) in [6, 6.07) is 5.42. The first kappa shape index (κ1) is 14.6. The molecule has 1 aliphatic rings. The molecule has 1 aliphatic heterocycles. The number of unbranched alkanes of at least 4 members (excludes halogenated alkanes) is 1. The minimum atomic E-state index is -0.597. The van der Waals surface area contributed by atoms with Gasteiger partial charge in [0.05, 0.1) is 6.10 Å². The van der Waals surface area contributed by atoms with E-state index in [0.29, 0.717) is 24.5 Å². The lowest BCUT2D eigenvalue weighted by Crippen LogP contribution is -2.22. The molecule has 1 atom stereocenters. The van der Waals surface area contributed by atoms with E-state index in [1.54, 1.807) is 12.1 Å². The van der Waals surface area contributed by atoms with Gasteiger partial charge in [-0.05, 0) is 37.1 Å². The Labute approximate surface area is 117 Å². The molecule has 0 radical (unpaired) electrons. The maximum Gasteiger partial charge on any atom is 0.231 e. The molecule has 0 aliphatic carbocycles. The monoisotopic (exact) mass is 280 g/mol. The van der Waals surface area contributed by atoms with Crippen LogP contribution >= 0.6 is 0 Å². The molecule has 4 N–H and O–H groups in total. The highest BCUT2D eigenvalue weighted by Gasteiger charge is 2.16. The van der Waals surface area contributed by atoms with Crippen LogP contribution in [0.5, 0.6) is 11.5 Å². The van der Waals surface area contributed by atoms with Gasteiger partial charge in [-0.3, -0.25) is 4.79 Å².